The molecular formula is C14H15Cl3F3N5O. The molecule has 1 amide bonds. The summed E-state index contributed by atoms with van der Waals surface area (Å²) in [6, 6.07) is 2.68. The average Bonchev–Trinajstić information content (AvgIpc) is 3.15. The van der Waals surface area contributed by atoms with Crippen molar-refractivity contribution >= 4 is 42.3 Å². The Balaban J connectivity index is 0.00000169. The molecule has 0 aliphatic carbocycles. The van der Waals surface area contributed by atoms with E-state index in [0.29, 0.717) is 24.2 Å². The first-order chi connectivity index (χ1) is 11.4. The van der Waals surface area contributed by atoms with Crippen molar-refractivity contribution < 1.29 is 18.0 Å². The minimum Gasteiger partial charge on any atom is -0.348 e. The van der Waals surface area contributed by atoms with Gasteiger partial charge in [0.15, 0.2) is 11.5 Å². The molecule has 6 nitrogen and oxygen atoms in total. The van der Waals surface area contributed by atoms with Crippen molar-refractivity contribution in [3.05, 3.63) is 40.8 Å². The van der Waals surface area contributed by atoms with Gasteiger partial charge in [0.25, 0.3) is 5.91 Å². The van der Waals surface area contributed by atoms with E-state index in [4.69, 9.17) is 11.6 Å². The highest BCUT2D eigenvalue weighted by Gasteiger charge is 2.41. The fourth-order valence-corrected chi connectivity index (χ4v) is 2.72. The standard InChI is InChI=1S/C14H13ClF3N5O.2ClH/c15-10-2-1-4-20-12(10)23-11(14(16,17)18)9(7-21-23)13(24)22-8-3-5-19-6-8;;/h1-2,4,7-8,19H,3,5-6H2,(H,22,24);2*1H. The minimum atomic E-state index is -4.79. The number of alkyl halides is 3. The SMILES string of the molecule is Cl.Cl.O=C(NC1CCNC1)c1cnn(-c2ncccc2Cl)c1C(F)(F)F. The number of nitrogens with one attached hydrogen (secondary N) is 2. The molecule has 12 heteroatoms. The molecule has 1 aliphatic heterocycles. The first-order valence-corrected chi connectivity index (χ1v) is 7.53. The van der Waals surface area contributed by atoms with E-state index in [1.54, 1.807) is 0 Å². The Labute approximate surface area is 164 Å². The van der Waals surface area contributed by atoms with Crippen molar-refractivity contribution in [1.29, 1.82) is 0 Å². The molecule has 2 N–H and O–H groups in total. The second-order valence-corrected chi connectivity index (χ2v) is 5.70. The van der Waals surface area contributed by atoms with E-state index in [0.717, 1.165) is 6.20 Å². The molecule has 1 saturated heterocycles. The Morgan fingerprint density at radius 1 is 1.38 bits per heavy atom. The maximum Gasteiger partial charge on any atom is 0.434 e. The number of carbonyl (C=O) groups excluding carboxylic acids is 1. The van der Waals surface area contributed by atoms with Gasteiger partial charge in [0.1, 0.15) is 0 Å². The normalized spacial score (nSPS) is 16.5. The zero-order chi connectivity index (χ0) is 17.3. The molecule has 144 valence electrons. The van der Waals surface area contributed by atoms with Crippen molar-refractivity contribution in [2.45, 2.75) is 18.6 Å². The highest BCUT2D eigenvalue weighted by Crippen LogP contribution is 2.34. The quantitative estimate of drug-likeness (QED) is 0.782. The Morgan fingerprint density at radius 2 is 2.12 bits per heavy atom. The van der Waals surface area contributed by atoms with Crippen LogP contribution in [-0.4, -0.2) is 39.8 Å². The molecule has 0 saturated carbocycles. The first-order valence-electron chi connectivity index (χ1n) is 7.15. The zero-order valence-electron chi connectivity index (χ0n) is 13.1. The predicted octanol–water partition coefficient (Wildman–Crippen LogP) is 2.87. The van der Waals surface area contributed by atoms with Gasteiger partial charge in [0.05, 0.1) is 16.8 Å². The Hall–Kier alpha value is -1.55. The van der Waals surface area contributed by atoms with Crippen LogP contribution in [-0.2, 0) is 6.18 Å². The number of amides is 1. The van der Waals surface area contributed by atoms with E-state index in [-0.39, 0.29) is 41.7 Å². The average molecular weight is 433 g/mol. The third-order valence-corrected chi connectivity index (χ3v) is 3.91. The third kappa shape index (κ3) is 4.59. The fourth-order valence-electron chi connectivity index (χ4n) is 2.52. The van der Waals surface area contributed by atoms with E-state index < -0.39 is 23.3 Å². The van der Waals surface area contributed by atoms with Gasteiger partial charge in [-0.3, -0.25) is 4.79 Å². The molecule has 1 aliphatic rings. The Bertz CT molecular complexity index is 763. The number of aromatic nitrogens is 3. The molecule has 0 bridgehead atoms. The number of carbonyl (C=O) groups is 1. The molecule has 2 aromatic heterocycles. The molecule has 3 rings (SSSR count). The summed E-state index contributed by atoms with van der Waals surface area (Å²) in [7, 11) is 0. The van der Waals surface area contributed by atoms with Gasteiger partial charge in [0, 0.05) is 18.8 Å². The summed E-state index contributed by atoms with van der Waals surface area (Å²) in [5.41, 5.74) is -1.76. The van der Waals surface area contributed by atoms with Gasteiger partial charge in [-0.05, 0) is 25.1 Å². The summed E-state index contributed by atoms with van der Waals surface area (Å²) in [5, 5.41) is 9.29. The van der Waals surface area contributed by atoms with E-state index in [9.17, 15) is 18.0 Å². The van der Waals surface area contributed by atoms with Crippen molar-refractivity contribution in [2.75, 3.05) is 13.1 Å². The van der Waals surface area contributed by atoms with Crippen LogP contribution in [0.1, 0.15) is 22.5 Å². The zero-order valence-corrected chi connectivity index (χ0v) is 15.5. The Kier molecular flexibility index (Phi) is 7.70. The maximum absolute atomic E-state index is 13.5. The number of hydrogen-bond donors (Lipinski definition) is 2. The molecule has 1 unspecified atom stereocenters. The molecule has 0 radical (unpaired) electrons. The van der Waals surface area contributed by atoms with Gasteiger partial charge >= 0.3 is 6.18 Å². The number of nitrogens with zero attached hydrogens (tertiary/aromatic N) is 3. The molecular weight excluding hydrogens is 418 g/mol. The largest absolute Gasteiger partial charge is 0.434 e. The van der Waals surface area contributed by atoms with Crippen LogP contribution in [0.2, 0.25) is 5.02 Å². The van der Waals surface area contributed by atoms with E-state index in [1.165, 1.54) is 18.3 Å². The molecule has 0 aromatic carbocycles. The van der Waals surface area contributed by atoms with Gasteiger partial charge in [-0.2, -0.15) is 18.3 Å². The van der Waals surface area contributed by atoms with Crippen LogP contribution in [0, 0.1) is 0 Å². The molecule has 2 aromatic rings. The first kappa shape index (κ1) is 22.5. The van der Waals surface area contributed by atoms with E-state index >= 15 is 0 Å². The molecule has 26 heavy (non-hydrogen) atoms. The summed E-state index contributed by atoms with van der Waals surface area (Å²) in [4.78, 5) is 16.1. The fraction of sp³-hybridized carbons (Fsp3) is 0.357. The molecule has 1 fully saturated rings. The number of hydrogen-bond acceptors (Lipinski definition) is 4. The molecule has 0 spiro atoms. The predicted molar refractivity (Wildman–Crippen MR) is 94.6 cm³/mol. The second kappa shape index (κ2) is 8.90. The van der Waals surface area contributed by atoms with Gasteiger partial charge in [-0.25, -0.2) is 9.67 Å². The number of rotatable bonds is 3. The smallest absolute Gasteiger partial charge is 0.348 e. The second-order valence-electron chi connectivity index (χ2n) is 5.29. The topological polar surface area (TPSA) is 71.8 Å². The molecule has 1 atom stereocenters. The summed E-state index contributed by atoms with van der Waals surface area (Å²) in [6.45, 7) is 1.23. The summed E-state index contributed by atoms with van der Waals surface area (Å²) in [6.07, 6.45) is -1.95. The monoisotopic (exact) mass is 431 g/mol. The molecule has 3 heterocycles. The summed E-state index contributed by atoms with van der Waals surface area (Å²) < 4.78 is 41.1. The Morgan fingerprint density at radius 3 is 2.69 bits per heavy atom. The van der Waals surface area contributed by atoms with Crippen LogP contribution in [0.25, 0.3) is 5.82 Å². The van der Waals surface area contributed by atoms with Crippen LogP contribution < -0.4 is 10.6 Å². The van der Waals surface area contributed by atoms with Crippen LogP contribution in [0.3, 0.4) is 0 Å². The van der Waals surface area contributed by atoms with Gasteiger partial charge < -0.3 is 10.6 Å². The maximum atomic E-state index is 13.5. The third-order valence-electron chi connectivity index (χ3n) is 3.62. The van der Waals surface area contributed by atoms with Crippen molar-refractivity contribution in [1.82, 2.24) is 25.4 Å². The highest BCUT2D eigenvalue weighted by atomic mass is 35.5. The van der Waals surface area contributed by atoms with Crippen LogP contribution in [0.15, 0.2) is 24.5 Å². The van der Waals surface area contributed by atoms with Gasteiger partial charge in [-0.15, -0.1) is 24.8 Å². The van der Waals surface area contributed by atoms with Gasteiger partial charge in [-0.1, -0.05) is 11.6 Å². The summed E-state index contributed by atoms with van der Waals surface area (Å²) in [5.74, 6) is -1.01. The van der Waals surface area contributed by atoms with Gasteiger partial charge in [0.2, 0.25) is 0 Å². The lowest BCUT2D eigenvalue weighted by molar-refractivity contribution is -0.143. The lowest BCUT2D eigenvalue weighted by Crippen LogP contribution is -2.37. The van der Waals surface area contributed by atoms with Crippen molar-refractivity contribution in [2.24, 2.45) is 0 Å². The lowest BCUT2D eigenvalue weighted by Gasteiger charge is -2.14. The number of halogens is 6. The van der Waals surface area contributed by atoms with Crippen LogP contribution in [0.4, 0.5) is 13.2 Å². The number of pyridine rings is 1. The van der Waals surface area contributed by atoms with Crippen molar-refractivity contribution in [3.8, 4) is 5.82 Å². The van der Waals surface area contributed by atoms with Crippen LogP contribution >= 0.6 is 36.4 Å². The minimum absolute atomic E-state index is 0. The van der Waals surface area contributed by atoms with Crippen LogP contribution in [0.5, 0.6) is 0 Å². The van der Waals surface area contributed by atoms with E-state index in [2.05, 4.69) is 20.7 Å². The highest BCUT2D eigenvalue weighted by molar-refractivity contribution is 6.32. The summed E-state index contributed by atoms with van der Waals surface area (Å²) >= 11 is 5.91. The van der Waals surface area contributed by atoms with Crippen molar-refractivity contribution in [3.63, 3.8) is 0 Å². The van der Waals surface area contributed by atoms with E-state index in [1.807, 2.05) is 0 Å². The lowest BCUT2D eigenvalue weighted by atomic mass is 10.2.